The average molecular weight is 427 g/mol. The van der Waals surface area contributed by atoms with Gasteiger partial charge in [-0.3, -0.25) is 4.79 Å². The average Bonchev–Trinajstić information content (AvgIpc) is 3.29. The number of rotatable bonds is 12. The molecule has 1 heterocycles. The lowest BCUT2D eigenvalue weighted by molar-refractivity contribution is 0.0755. The number of likely N-dealkylation sites (tertiary alicyclic amines) is 1. The molecule has 2 N–H and O–H groups in total. The summed E-state index contributed by atoms with van der Waals surface area (Å²) in [6.45, 7) is 6.53. The zero-order valence-electron chi connectivity index (χ0n) is 19.3. The van der Waals surface area contributed by atoms with Gasteiger partial charge in [0.2, 0.25) is 0 Å². The molecule has 0 radical (unpaired) electrons. The second kappa shape index (κ2) is 12.9. The van der Waals surface area contributed by atoms with Crippen LogP contribution in [0.1, 0.15) is 93.0 Å². The van der Waals surface area contributed by atoms with Gasteiger partial charge in [-0.05, 0) is 68.6 Å². The number of nitrogens with two attached hydrogens (primary N) is 1. The van der Waals surface area contributed by atoms with Gasteiger partial charge in [-0.2, -0.15) is 0 Å². The minimum atomic E-state index is -0.00941. The molecule has 0 unspecified atom stereocenters. The topological polar surface area (TPSA) is 55.6 Å². The van der Waals surface area contributed by atoms with Crippen molar-refractivity contribution in [2.24, 2.45) is 11.7 Å². The molecule has 4 nitrogen and oxygen atoms in total. The van der Waals surface area contributed by atoms with Crippen LogP contribution in [0, 0.1) is 5.92 Å². The fourth-order valence-corrected chi connectivity index (χ4v) is 5.04. The molecule has 0 aromatic heterocycles. The van der Waals surface area contributed by atoms with Crippen LogP contribution >= 0.6 is 0 Å². The van der Waals surface area contributed by atoms with E-state index in [0.29, 0.717) is 5.70 Å². The first-order valence-corrected chi connectivity index (χ1v) is 12.6. The van der Waals surface area contributed by atoms with Gasteiger partial charge in [-0.25, -0.2) is 0 Å². The summed E-state index contributed by atoms with van der Waals surface area (Å²) >= 11 is 0. The van der Waals surface area contributed by atoms with E-state index < -0.39 is 0 Å². The maximum absolute atomic E-state index is 12.8. The molecular formula is C27H42N2O2. The van der Waals surface area contributed by atoms with Crippen LogP contribution in [0.5, 0.6) is 0 Å². The van der Waals surface area contributed by atoms with Crippen molar-refractivity contribution in [3.05, 3.63) is 47.7 Å². The summed E-state index contributed by atoms with van der Waals surface area (Å²) < 4.78 is 5.89. The molecule has 1 saturated heterocycles. The van der Waals surface area contributed by atoms with Crippen LogP contribution in [-0.2, 0) is 11.2 Å². The maximum Gasteiger partial charge on any atom is 0.254 e. The van der Waals surface area contributed by atoms with Crippen molar-refractivity contribution in [3.63, 3.8) is 0 Å². The van der Waals surface area contributed by atoms with E-state index in [9.17, 15) is 4.79 Å². The summed E-state index contributed by atoms with van der Waals surface area (Å²) in [7, 11) is 0. The lowest BCUT2D eigenvalue weighted by Crippen LogP contribution is -2.38. The van der Waals surface area contributed by atoms with Gasteiger partial charge in [0.15, 0.2) is 0 Å². The van der Waals surface area contributed by atoms with Crippen LogP contribution in [0.3, 0.4) is 0 Å². The number of unbranched alkanes of at least 4 members (excludes halogenated alkanes) is 4. The minimum absolute atomic E-state index is 0.00941. The Hall–Kier alpha value is -1.81. The third-order valence-corrected chi connectivity index (χ3v) is 6.97. The summed E-state index contributed by atoms with van der Waals surface area (Å²) in [5, 5.41) is 0. The van der Waals surface area contributed by atoms with Crippen molar-refractivity contribution in [1.29, 1.82) is 0 Å². The third-order valence-electron chi connectivity index (χ3n) is 6.97. The van der Waals surface area contributed by atoms with Crippen molar-refractivity contribution in [1.82, 2.24) is 4.90 Å². The molecule has 0 spiro atoms. The fraction of sp³-hybridized carbons (Fsp3) is 0.667. The van der Waals surface area contributed by atoms with Crippen molar-refractivity contribution in [2.75, 3.05) is 19.8 Å². The predicted octanol–water partition coefficient (Wildman–Crippen LogP) is 5.85. The van der Waals surface area contributed by atoms with Gasteiger partial charge in [-0.15, -0.1) is 0 Å². The first kappa shape index (κ1) is 23.8. The summed E-state index contributed by atoms with van der Waals surface area (Å²) in [6, 6.07) is 8.14. The highest BCUT2D eigenvalue weighted by Gasteiger charge is 2.30. The first-order chi connectivity index (χ1) is 15.1. The van der Waals surface area contributed by atoms with Crippen LogP contribution < -0.4 is 5.73 Å². The fourth-order valence-electron chi connectivity index (χ4n) is 5.04. The summed E-state index contributed by atoms with van der Waals surface area (Å²) in [4.78, 5) is 14.7. The Bertz CT molecular complexity index is 679. The Balaban J connectivity index is 1.25. The van der Waals surface area contributed by atoms with E-state index in [2.05, 4.69) is 18.7 Å². The van der Waals surface area contributed by atoms with Gasteiger partial charge >= 0.3 is 0 Å². The number of amides is 1. The van der Waals surface area contributed by atoms with E-state index in [1.54, 1.807) is 0 Å². The third kappa shape index (κ3) is 7.68. The van der Waals surface area contributed by atoms with Crippen LogP contribution in [0.4, 0.5) is 0 Å². The number of hydrogen-bond donors (Lipinski definition) is 1. The van der Waals surface area contributed by atoms with Crippen molar-refractivity contribution >= 4 is 5.91 Å². The summed E-state index contributed by atoms with van der Waals surface area (Å²) in [5.41, 5.74) is 8.54. The highest BCUT2D eigenvalue weighted by Crippen LogP contribution is 2.24. The lowest BCUT2D eigenvalue weighted by Gasteiger charge is -2.24. The highest BCUT2D eigenvalue weighted by atomic mass is 16.5. The number of carbonyl (C=O) groups excluding carboxylic acids is 1. The Morgan fingerprint density at radius 1 is 0.968 bits per heavy atom. The molecule has 2 fully saturated rings. The second-order valence-electron chi connectivity index (χ2n) is 9.53. The number of nitrogens with zero attached hydrogens (tertiary/aromatic N) is 1. The molecule has 1 amide bonds. The van der Waals surface area contributed by atoms with Gasteiger partial charge in [0.25, 0.3) is 5.91 Å². The van der Waals surface area contributed by atoms with Gasteiger partial charge in [0.1, 0.15) is 0 Å². The SMILES string of the molecule is C=C(N)[C@@H]1CCCN1C(=O)c1ccc(CCCCCCCOCC2CCCCC2)cc1. The highest BCUT2D eigenvalue weighted by molar-refractivity contribution is 5.94. The van der Waals surface area contributed by atoms with Gasteiger partial charge in [-0.1, -0.05) is 57.2 Å². The number of carbonyl (C=O) groups is 1. The van der Waals surface area contributed by atoms with Gasteiger partial charge in [0, 0.05) is 31.0 Å². The van der Waals surface area contributed by atoms with Crippen LogP contribution in [-0.4, -0.2) is 36.6 Å². The van der Waals surface area contributed by atoms with E-state index in [4.69, 9.17) is 10.5 Å². The van der Waals surface area contributed by atoms with E-state index >= 15 is 0 Å². The standard InChI is InChI=1S/C27H42N2O2/c1-22(28)26-14-10-19-29(26)27(30)25-17-15-23(16-18-25)11-6-3-2-4-9-20-31-21-24-12-7-5-8-13-24/h15-18,24,26H,1-14,19-21,28H2/t26-/m0/s1. The van der Waals surface area contributed by atoms with Crippen LogP contribution in [0.25, 0.3) is 0 Å². The number of ether oxygens (including phenoxy) is 1. The molecule has 1 saturated carbocycles. The number of hydrogen-bond acceptors (Lipinski definition) is 3. The Morgan fingerprint density at radius 3 is 2.42 bits per heavy atom. The molecule has 1 aromatic rings. The smallest absolute Gasteiger partial charge is 0.254 e. The quantitative estimate of drug-likeness (QED) is 0.426. The lowest BCUT2D eigenvalue weighted by atomic mass is 9.90. The van der Waals surface area contributed by atoms with E-state index in [0.717, 1.165) is 50.5 Å². The molecule has 31 heavy (non-hydrogen) atoms. The molecule has 2 aliphatic rings. The molecule has 172 valence electrons. The monoisotopic (exact) mass is 426 g/mol. The number of benzene rings is 1. The molecule has 4 heteroatoms. The normalized spacial score (nSPS) is 19.6. The first-order valence-electron chi connectivity index (χ1n) is 12.6. The van der Waals surface area contributed by atoms with Crippen molar-refractivity contribution < 1.29 is 9.53 Å². The van der Waals surface area contributed by atoms with E-state index in [1.165, 1.54) is 69.8 Å². The Kier molecular flexibility index (Phi) is 9.92. The van der Waals surface area contributed by atoms with Gasteiger partial charge < -0.3 is 15.4 Å². The van der Waals surface area contributed by atoms with E-state index in [1.807, 2.05) is 17.0 Å². The van der Waals surface area contributed by atoms with E-state index in [-0.39, 0.29) is 11.9 Å². The van der Waals surface area contributed by atoms with Crippen LogP contribution in [0.15, 0.2) is 36.5 Å². The van der Waals surface area contributed by atoms with Gasteiger partial charge in [0.05, 0.1) is 6.04 Å². The Labute approximate surface area is 189 Å². The van der Waals surface area contributed by atoms with Crippen molar-refractivity contribution in [3.8, 4) is 0 Å². The maximum atomic E-state index is 12.8. The molecule has 3 rings (SSSR count). The predicted molar refractivity (Wildman–Crippen MR) is 128 cm³/mol. The number of aryl methyl sites for hydroxylation is 1. The molecule has 1 aliphatic heterocycles. The minimum Gasteiger partial charge on any atom is -0.401 e. The zero-order chi connectivity index (χ0) is 21.9. The molecule has 1 aliphatic carbocycles. The largest absolute Gasteiger partial charge is 0.401 e. The molecule has 1 aromatic carbocycles. The molecule has 1 atom stereocenters. The van der Waals surface area contributed by atoms with Crippen LogP contribution in [0.2, 0.25) is 0 Å². The second-order valence-corrected chi connectivity index (χ2v) is 9.53. The zero-order valence-corrected chi connectivity index (χ0v) is 19.3. The summed E-state index contributed by atoms with van der Waals surface area (Å²) in [6.07, 6.45) is 16.2. The molecule has 0 bridgehead atoms. The molecular weight excluding hydrogens is 384 g/mol. The van der Waals surface area contributed by atoms with Crippen molar-refractivity contribution in [2.45, 2.75) is 89.5 Å². The Morgan fingerprint density at radius 2 is 1.68 bits per heavy atom. The summed E-state index contributed by atoms with van der Waals surface area (Å²) in [5.74, 6) is 0.902.